The lowest BCUT2D eigenvalue weighted by atomic mass is 10.1. The van der Waals surface area contributed by atoms with Crippen LogP contribution < -0.4 is 5.48 Å². The zero-order valence-corrected chi connectivity index (χ0v) is 9.36. The molecule has 1 amide bonds. The Morgan fingerprint density at radius 2 is 2.27 bits per heavy atom. The molecule has 0 aliphatic heterocycles. The highest BCUT2D eigenvalue weighted by Crippen LogP contribution is 2.07. The largest absolute Gasteiger partial charge is 0.610 e. The molecule has 0 fully saturated rings. The molecule has 5 nitrogen and oxygen atoms in total. The van der Waals surface area contributed by atoms with Crippen LogP contribution in [0.3, 0.4) is 0 Å². The fraction of sp³-hybridized carbons (Fsp3) is 0.500. The monoisotopic (exact) mass is 211 g/mol. The number of hydrogen-bond acceptors (Lipinski definition) is 3. The van der Waals surface area contributed by atoms with Crippen LogP contribution in [0.25, 0.3) is 5.53 Å². The lowest BCUT2D eigenvalue weighted by molar-refractivity contribution is -0.414. The molecule has 0 aromatic heterocycles. The van der Waals surface area contributed by atoms with E-state index in [0.29, 0.717) is 16.3 Å². The second-order valence-corrected chi connectivity index (χ2v) is 3.35. The molecule has 0 saturated heterocycles. The summed E-state index contributed by atoms with van der Waals surface area (Å²) in [5, 5.41) is 0. The van der Waals surface area contributed by atoms with Gasteiger partial charge in [-0.3, -0.25) is 0 Å². The molecular weight excluding hydrogens is 194 g/mol. The van der Waals surface area contributed by atoms with Crippen LogP contribution >= 0.6 is 0 Å². The Hall–Kier alpha value is -1.49. The number of carbonyl (C=O) groups is 1. The van der Waals surface area contributed by atoms with Crippen molar-refractivity contribution >= 4 is 6.09 Å². The molecule has 0 spiro atoms. The number of carbonyl (C=O) groups excluding carboxylic acids is 1. The van der Waals surface area contributed by atoms with Gasteiger partial charge in [-0.2, -0.15) is 15.0 Å². The molecule has 0 rings (SSSR count). The molecule has 0 radical (unpaired) electrons. The zero-order valence-electron chi connectivity index (χ0n) is 9.36. The van der Waals surface area contributed by atoms with E-state index in [1.807, 2.05) is 13.8 Å². The minimum Gasteiger partial charge on any atom is -0.487 e. The Morgan fingerprint density at radius 3 is 2.67 bits per heavy atom. The van der Waals surface area contributed by atoms with E-state index in [1.54, 1.807) is 6.08 Å². The Morgan fingerprint density at radius 1 is 1.67 bits per heavy atom. The van der Waals surface area contributed by atoms with Crippen LogP contribution in [-0.4, -0.2) is 17.8 Å². The van der Waals surface area contributed by atoms with Gasteiger partial charge in [0.1, 0.15) is 0 Å². The lowest BCUT2D eigenvalue weighted by Gasteiger charge is -2.04. The number of nitrogens with one attached hydrogen (secondary N) is 1. The van der Waals surface area contributed by atoms with Crippen molar-refractivity contribution in [3.63, 3.8) is 0 Å². The molecule has 0 bridgehead atoms. The standard InChI is InChI=1S/C10H17N3O2/c1-5-9(7-6-8(2)3)13(11)10(14)15-12-4/h5,7-8,12H,1,6H2,2-4H3/b9-7+. The van der Waals surface area contributed by atoms with Gasteiger partial charge in [-0.15, -0.1) is 0 Å². The number of allylic oxidation sites excluding steroid dienone is 2. The van der Waals surface area contributed by atoms with Gasteiger partial charge in [0.05, 0.1) is 0 Å². The smallest absolute Gasteiger partial charge is 0.487 e. The summed E-state index contributed by atoms with van der Waals surface area (Å²) in [6.45, 7) is 7.57. The first-order chi connectivity index (χ1) is 7.02. The third-order valence-corrected chi connectivity index (χ3v) is 1.61. The van der Waals surface area contributed by atoms with Gasteiger partial charge in [-0.05, 0) is 18.4 Å². The van der Waals surface area contributed by atoms with E-state index >= 15 is 0 Å². The molecule has 0 heterocycles. The molecule has 5 heteroatoms. The fourth-order valence-electron chi connectivity index (χ4n) is 0.849. The van der Waals surface area contributed by atoms with Gasteiger partial charge in [-0.25, -0.2) is 0 Å². The summed E-state index contributed by atoms with van der Waals surface area (Å²) in [4.78, 5) is 15.5. The predicted octanol–water partition coefficient (Wildman–Crippen LogP) is 2.41. The third-order valence-electron chi connectivity index (χ3n) is 1.61. The SMILES string of the molecule is C=C/C(=C\CC(C)C)[N+](=[N-])C(=O)ONC. The summed E-state index contributed by atoms with van der Waals surface area (Å²) in [5.41, 5.74) is 11.9. The number of rotatable bonds is 5. The summed E-state index contributed by atoms with van der Waals surface area (Å²) < 4.78 is 0.409. The van der Waals surface area contributed by atoms with Crippen molar-refractivity contribution in [2.45, 2.75) is 20.3 Å². The molecule has 0 aromatic rings. The van der Waals surface area contributed by atoms with Gasteiger partial charge in [0.15, 0.2) is 0 Å². The van der Waals surface area contributed by atoms with Crippen LogP contribution in [0.4, 0.5) is 4.79 Å². The average Bonchev–Trinajstić information content (AvgIpc) is 2.18. The fourth-order valence-corrected chi connectivity index (χ4v) is 0.849. The van der Waals surface area contributed by atoms with Crippen molar-refractivity contribution < 1.29 is 14.3 Å². The molecular formula is C10H17N3O2. The van der Waals surface area contributed by atoms with Crippen LogP contribution in [0.1, 0.15) is 20.3 Å². The van der Waals surface area contributed by atoms with Crippen molar-refractivity contribution in [1.82, 2.24) is 5.48 Å². The van der Waals surface area contributed by atoms with Crippen LogP contribution in [0, 0.1) is 5.92 Å². The van der Waals surface area contributed by atoms with E-state index in [1.165, 1.54) is 13.1 Å². The Labute approximate surface area is 89.9 Å². The molecule has 0 aliphatic rings. The lowest BCUT2D eigenvalue weighted by Crippen LogP contribution is -2.23. The van der Waals surface area contributed by atoms with Crippen LogP contribution in [0.5, 0.6) is 0 Å². The molecule has 0 aromatic carbocycles. The Kier molecular flexibility index (Phi) is 6.21. The maximum atomic E-state index is 11.1. The summed E-state index contributed by atoms with van der Waals surface area (Å²) in [6.07, 6.45) is 2.95. The van der Waals surface area contributed by atoms with E-state index < -0.39 is 6.09 Å². The maximum absolute atomic E-state index is 11.1. The number of nitrogens with zero attached hydrogens (tertiary/aromatic N) is 2. The topological polar surface area (TPSA) is 63.6 Å². The zero-order chi connectivity index (χ0) is 11.8. The van der Waals surface area contributed by atoms with Crippen molar-refractivity contribution in [3.8, 4) is 0 Å². The van der Waals surface area contributed by atoms with Crippen molar-refractivity contribution in [3.05, 3.63) is 30.0 Å². The van der Waals surface area contributed by atoms with E-state index in [-0.39, 0.29) is 0 Å². The first-order valence-electron chi connectivity index (χ1n) is 4.72. The number of hydrogen-bond donors (Lipinski definition) is 1. The first kappa shape index (κ1) is 13.5. The van der Waals surface area contributed by atoms with E-state index in [0.717, 1.165) is 6.42 Å². The summed E-state index contributed by atoms with van der Waals surface area (Å²) in [7, 11) is 1.43. The molecule has 0 aliphatic carbocycles. The molecule has 0 saturated carbocycles. The van der Waals surface area contributed by atoms with Gasteiger partial charge < -0.3 is 10.4 Å². The third kappa shape index (κ3) is 5.07. The van der Waals surface area contributed by atoms with Crippen molar-refractivity contribution in [2.75, 3.05) is 7.05 Å². The average molecular weight is 211 g/mol. The van der Waals surface area contributed by atoms with Crippen LogP contribution in [0.15, 0.2) is 24.4 Å². The normalized spacial score (nSPS) is 11.3. The van der Waals surface area contributed by atoms with Gasteiger partial charge >= 0.3 is 6.09 Å². The predicted molar refractivity (Wildman–Crippen MR) is 56.9 cm³/mol. The first-order valence-corrected chi connectivity index (χ1v) is 4.72. The van der Waals surface area contributed by atoms with Crippen LogP contribution in [0.2, 0.25) is 0 Å². The van der Waals surface area contributed by atoms with Gasteiger partial charge in [0.25, 0.3) is 0 Å². The molecule has 84 valence electrons. The van der Waals surface area contributed by atoms with Gasteiger partial charge in [0, 0.05) is 13.1 Å². The van der Waals surface area contributed by atoms with Crippen molar-refractivity contribution in [2.24, 2.45) is 5.92 Å². The van der Waals surface area contributed by atoms with E-state index in [2.05, 4.69) is 16.9 Å². The highest BCUT2D eigenvalue weighted by atomic mass is 16.7. The van der Waals surface area contributed by atoms with Gasteiger partial charge in [-0.1, -0.05) is 20.4 Å². The Balaban J connectivity index is 4.53. The van der Waals surface area contributed by atoms with Gasteiger partial charge in [0.2, 0.25) is 5.70 Å². The minimum absolute atomic E-state index is 0.309. The Bertz CT molecular complexity index is 282. The molecule has 0 unspecified atom stereocenters. The number of amides is 1. The number of hydroxylamine groups is 1. The second kappa shape index (κ2) is 6.89. The van der Waals surface area contributed by atoms with Crippen molar-refractivity contribution in [1.29, 1.82) is 0 Å². The molecule has 15 heavy (non-hydrogen) atoms. The highest BCUT2D eigenvalue weighted by molar-refractivity contribution is 5.58. The van der Waals surface area contributed by atoms with E-state index in [4.69, 9.17) is 0 Å². The molecule has 0 atom stereocenters. The second-order valence-electron chi connectivity index (χ2n) is 3.35. The summed E-state index contributed by atoms with van der Waals surface area (Å²) >= 11 is 0. The quantitative estimate of drug-likeness (QED) is 0.329. The maximum Gasteiger partial charge on any atom is 0.610 e. The molecule has 1 N–H and O–H groups in total. The minimum atomic E-state index is -0.896. The van der Waals surface area contributed by atoms with E-state index in [9.17, 15) is 10.3 Å². The summed E-state index contributed by atoms with van der Waals surface area (Å²) in [6, 6.07) is 0. The summed E-state index contributed by atoms with van der Waals surface area (Å²) in [5.74, 6) is 0.439. The highest BCUT2D eigenvalue weighted by Gasteiger charge is 2.16. The van der Waals surface area contributed by atoms with Crippen LogP contribution in [-0.2, 0) is 4.84 Å².